The zero-order chi connectivity index (χ0) is 12.3. The van der Waals surface area contributed by atoms with Gasteiger partial charge in [0.2, 0.25) is 0 Å². The zero-order valence-corrected chi connectivity index (χ0v) is 11.8. The van der Waals surface area contributed by atoms with Crippen molar-refractivity contribution in [2.75, 3.05) is 19.6 Å². The molecular formula is C14H21ClN2O. The summed E-state index contributed by atoms with van der Waals surface area (Å²) in [6.07, 6.45) is 1.16. The van der Waals surface area contributed by atoms with Crippen molar-refractivity contribution in [3.8, 4) is 0 Å². The number of halogens is 1. The summed E-state index contributed by atoms with van der Waals surface area (Å²) in [5, 5.41) is 6.35. The van der Waals surface area contributed by atoms with E-state index < -0.39 is 0 Å². The van der Waals surface area contributed by atoms with Crippen LogP contribution in [0.3, 0.4) is 0 Å². The second-order valence-electron chi connectivity index (χ2n) is 4.84. The van der Waals surface area contributed by atoms with E-state index in [4.69, 9.17) is 0 Å². The van der Waals surface area contributed by atoms with Crippen molar-refractivity contribution in [1.29, 1.82) is 0 Å². The third-order valence-electron chi connectivity index (χ3n) is 3.42. The Morgan fingerprint density at radius 1 is 1.39 bits per heavy atom. The summed E-state index contributed by atoms with van der Waals surface area (Å²) < 4.78 is 0. The smallest absolute Gasteiger partial charge is 0.251 e. The SMILES string of the molecule is Cc1cccc(C)c1C(=O)NCC1CCNC1.Cl. The molecule has 2 N–H and O–H groups in total. The molecule has 1 aromatic rings. The number of nitrogens with one attached hydrogen (secondary N) is 2. The van der Waals surface area contributed by atoms with Crippen LogP contribution in [0, 0.1) is 19.8 Å². The van der Waals surface area contributed by atoms with Crippen LogP contribution in [0.1, 0.15) is 27.9 Å². The number of carbonyl (C=O) groups is 1. The fourth-order valence-corrected chi connectivity index (χ4v) is 2.39. The summed E-state index contributed by atoms with van der Waals surface area (Å²) in [5.74, 6) is 0.649. The average molecular weight is 269 g/mol. The Hall–Kier alpha value is -1.06. The molecule has 1 amide bonds. The molecule has 0 bridgehead atoms. The molecule has 1 atom stereocenters. The van der Waals surface area contributed by atoms with Crippen molar-refractivity contribution >= 4 is 18.3 Å². The summed E-state index contributed by atoms with van der Waals surface area (Å²) in [7, 11) is 0. The topological polar surface area (TPSA) is 41.1 Å². The van der Waals surface area contributed by atoms with E-state index >= 15 is 0 Å². The van der Waals surface area contributed by atoms with Gasteiger partial charge in [-0.1, -0.05) is 18.2 Å². The maximum absolute atomic E-state index is 12.1. The Bertz CT molecular complexity index is 394. The predicted octanol–water partition coefficient (Wildman–Crippen LogP) is 2.06. The first-order valence-corrected chi connectivity index (χ1v) is 6.23. The van der Waals surface area contributed by atoms with E-state index in [0.717, 1.165) is 42.7 Å². The molecule has 0 aliphatic carbocycles. The van der Waals surface area contributed by atoms with E-state index in [0.29, 0.717) is 5.92 Å². The molecule has 18 heavy (non-hydrogen) atoms. The Kier molecular flexibility index (Phi) is 5.63. The van der Waals surface area contributed by atoms with Gasteiger partial charge in [-0.05, 0) is 50.4 Å². The first kappa shape index (κ1) is 15.0. The van der Waals surface area contributed by atoms with E-state index in [1.165, 1.54) is 0 Å². The molecule has 0 spiro atoms. The monoisotopic (exact) mass is 268 g/mol. The minimum Gasteiger partial charge on any atom is -0.352 e. The lowest BCUT2D eigenvalue weighted by Crippen LogP contribution is -2.31. The normalized spacial score (nSPS) is 18.2. The fraction of sp³-hybridized carbons (Fsp3) is 0.500. The molecule has 3 nitrogen and oxygen atoms in total. The number of rotatable bonds is 3. The van der Waals surface area contributed by atoms with Crippen LogP contribution in [0.4, 0.5) is 0 Å². The second kappa shape index (κ2) is 6.76. The molecule has 100 valence electrons. The van der Waals surface area contributed by atoms with E-state index in [9.17, 15) is 4.79 Å². The van der Waals surface area contributed by atoms with Crippen LogP contribution in [-0.4, -0.2) is 25.5 Å². The lowest BCUT2D eigenvalue weighted by atomic mass is 10.0. The van der Waals surface area contributed by atoms with Gasteiger partial charge in [-0.15, -0.1) is 12.4 Å². The highest BCUT2D eigenvalue weighted by Crippen LogP contribution is 2.13. The lowest BCUT2D eigenvalue weighted by molar-refractivity contribution is 0.0947. The Morgan fingerprint density at radius 3 is 2.61 bits per heavy atom. The molecule has 2 rings (SSSR count). The molecule has 1 aromatic carbocycles. The van der Waals surface area contributed by atoms with Gasteiger partial charge >= 0.3 is 0 Å². The second-order valence-corrected chi connectivity index (χ2v) is 4.84. The third-order valence-corrected chi connectivity index (χ3v) is 3.42. The number of carbonyl (C=O) groups excluding carboxylic acids is 1. The van der Waals surface area contributed by atoms with Crippen molar-refractivity contribution in [1.82, 2.24) is 10.6 Å². The lowest BCUT2D eigenvalue weighted by Gasteiger charge is -2.13. The summed E-state index contributed by atoms with van der Waals surface area (Å²) in [5.41, 5.74) is 2.93. The number of hydrogen-bond donors (Lipinski definition) is 2. The largest absolute Gasteiger partial charge is 0.352 e. The van der Waals surface area contributed by atoms with Crippen LogP contribution < -0.4 is 10.6 Å². The zero-order valence-electron chi connectivity index (χ0n) is 11.0. The van der Waals surface area contributed by atoms with Crippen LogP contribution in [-0.2, 0) is 0 Å². The number of benzene rings is 1. The van der Waals surface area contributed by atoms with Crippen molar-refractivity contribution in [2.24, 2.45) is 5.92 Å². The minimum atomic E-state index is 0. The van der Waals surface area contributed by atoms with Gasteiger partial charge < -0.3 is 10.6 Å². The molecular weight excluding hydrogens is 248 g/mol. The molecule has 0 radical (unpaired) electrons. The molecule has 1 fully saturated rings. The van der Waals surface area contributed by atoms with Gasteiger partial charge in [-0.3, -0.25) is 4.79 Å². The summed E-state index contributed by atoms with van der Waals surface area (Å²) in [6.45, 7) is 6.84. The van der Waals surface area contributed by atoms with E-state index in [2.05, 4.69) is 10.6 Å². The molecule has 1 aliphatic rings. The highest BCUT2D eigenvalue weighted by atomic mass is 35.5. The summed E-state index contributed by atoms with van der Waals surface area (Å²) >= 11 is 0. The van der Waals surface area contributed by atoms with E-state index in [1.807, 2.05) is 32.0 Å². The molecule has 1 unspecified atom stereocenters. The third kappa shape index (κ3) is 3.47. The molecule has 0 saturated carbocycles. The number of amides is 1. The molecule has 1 aliphatic heterocycles. The van der Waals surface area contributed by atoms with Gasteiger partial charge in [0, 0.05) is 12.1 Å². The van der Waals surface area contributed by atoms with Gasteiger partial charge in [0.1, 0.15) is 0 Å². The molecule has 4 heteroatoms. The Labute approximate surface area is 115 Å². The number of hydrogen-bond acceptors (Lipinski definition) is 2. The van der Waals surface area contributed by atoms with Crippen LogP contribution in [0.25, 0.3) is 0 Å². The van der Waals surface area contributed by atoms with Crippen molar-refractivity contribution in [3.05, 3.63) is 34.9 Å². The van der Waals surface area contributed by atoms with Crippen molar-refractivity contribution in [3.63, 3.8) is 0 Å². The van der Waals surface area contributed by atoms with Crippen LogP contribution in [0.15, 0.2) is 18.2 Å². The van der Waals surface area contributed by atoms with E-state index in [1.54, 1.807) is 0 Å². The Morgan fingerprint density at radius 2 is 2.06 bits per heavy atom. The average Bonchev–Trinajstić information content (AvgIpc) is 2.79. The van der Waals surface area contributed by atoms with Gasteiger partial charge in [0.15, 0.2) is 0 Å². The minimum absolute atomic E-state index is 0. The Balaban J connectivity index is 0.00000162. The number of aryl methyl sites for hydroxylation is 2. The predicted molar refractivity (Wildman–Crippen MR) is 76.5 cm³/mol. The first-order valence-electron chi connectivity index (χ1n) is 6.23. The molecule has 0 aromatic heterocycles. The standard InChI is InChI=1S/C14H20N2O.ClH/c1-10-4-3-5-11(2)13(10)14(17)16-9-12-6-7-15-8-12;/h3-5,12,15H,6-9H2,1-2H3,(H,16,17);1H. The van der Waals surface area contributed by atoms with Gasteiger partial charge in [0.05, 0.1) is 0 Å². The van der Waals surface area contributed by atoms with Crippen LogP contribution in [0.5, 0.6) is 0 Å². The summed E-state index contributed by atoms with van der Waals surface area (Å²) in [4.78, 5) is 12.1. The first-order chi connectivity index (χ1) is 8.18. The van der Waals surface area contributed by atoms with Crippen LogP contribution in [0.2, 0.25) is 0 Å². The maximum Gasteiger partial charge on any atom is 0.251 e. The molecule has 1 heterocycles. The summed E-state index contributed by atoms with van der Waals surface area (Å²) in [6, 6.07) is 5.96. The highest BCUT2D eigenvalue weighted by Gasteiger charge is 2.17. The molecule has 1 saturated heterocycles. The van der Waals surface area contributed by atoms with Gasteiger partial charge in [-0.2, -0.15) is 0 Å². The van der Waals surface area contributed by atoms with Gasteiger partial charge in [0.25, 0.3) is 5.91 Å². The fourth-order valence-electron chi connectivity index (χ4n) is 2.39. The van der Waals surface area contributed by atoms with Gasteiger partial charge in [-0.25, -0.2) is 0 Å². The van der Waals surface area contributed by atoms with Crippen LogP contribution >= 0.6 is 12.4 Å². The maximum atomic E-state index is 12.1. The van der Waals surface area contributed by atoms with E-state index in [-0.39, 0.29) is 18.3 Å². The highest BCUT2D eigenvalue weighted by molar-refractivity contribution is 5.97. The van der Waals surface area contributed by atoms with Crippen molar-refractivity contribution in [2.45, 2.75) is 20.3 Å². The quantitative estimate of drug-likeness (QED) is 0.881. The van der Waals surface area contributed by atoms with Crippen molar-refractivity contribution < 1.29 is 4.79 Å².